The summed E-state index contributed by atoms with van der Waals surface area (Å²) in [7, 11) is 1.81. The van der Waals surface area contributed by atoms with Crippen molar-refractivity contribution in [1.82, 2.24) is 0 Å². The molecule has 2 aromatic rings. The number of amides is 1. The Labute approximate surface area is 122 Å². The molecule has 2 rings (SSSR count). The average molecular weight is 269 g/mol. The van der Waals surface area contributed by atoms with Gasteiger partial charge in [0.05, 0.1) is 0 Å². The minimum atomic E-state index is 0.0179. The molecule has 20 heavy (non-hydrogen) atoms. The van der Waals surface area contributed by atoms with E-state index >= 15 is 0 Å². The zero-order valence-corrected chi connectivity index (χ0v) is 13.0. The van der Waals surface area contributed by atoms with Gasteiger partial charge in [-0.05, 0) is 37.6 Å². The van der Waals surface area contributed by atoms with Gasteiger partial charge in [0.1, 0.15) is 0 Å². The molecule has 0 atom stereocenters. The van der Waals surface area contributed by atoms with Crippen molar-refractivity contribution in [2.24, 2.45) is 0 Å². The highest BCUT2D eigenvalue weighted by Gasteiger charge is 2.14. The van der Waals surface area contributed by atoms with E-state index in [4.69, 9.17) is 0 Å². The van der Waals surface area contributed by atoms with Crippen LogP contribution in [0.15, 0.2) is 48.5 Å². The normalized spacial score (nSPS) is 9.45. The molecule has 0 aliphatic rings. The van der Waals surface area contributed by atoms with E-state index in [0.29, 0.717) is 5.56 Å². The van der Waals surface area contributed by atoms with Crippen LogP contribution in [-0.4, -0.2) is 13.0 Å². The van der Waals surface area contributed by atoms with Gasteiger partial charge in [-0.3, -0.25) is 4.79 Å². The Morgan fingerprint density at radius 2 is 1.45 bits per heavy atom. The number of carbonyl (C=O) groups excluding carboxylic acids is 1. The zero-order chi connectivity index (χ0) is 15.1. The summed E-state index contributed by atoms with van der Waals surface area (Å²) in [6.07, 6.45) is 0. The highest BCUT2D eigenvalue weighted by Crippen LogP contribution is 2.20. The first-order valence-corrected chi connectivity index (χ1v) is 7.00. The molecule has 0 heterocycles. The third kappa shape index (κ3) is 3.70. The second-order valence-corrected chi connectivity index (χ2v) is 4.52. The van der Waals surface area contributed by atoms with Gasteiger partial charge in [-0.25, -0.2) is 0 Å². The Hall–Kier alpha value is -2.09. The van der Waals surface area contributed by atoms with Crippen LogP contribution in [0.25, 0.3) is 0 Å². The fourth-order valence-corrected chi connectivity index (χ4v) is 1.94. The SMILES string of the molecule is CC.Cc1ccc(C(=O)N(C)c2ccccc2C)cc1. The molecule has 0 saturated heterocycles. The van der Waals surface area contributed by atoms with Crippen molar-refractivity contribution in [3.63, 3.8) is 0 Å². The maximum Gasteiger partial charge on any atom is 0.258 e. The van der Waals surface area contributed by atoms with Gasteiger partial charge in [-0.2, -0.15) is 0 Å². The molecule has 0 aliphatic carbocycles. The lowest BCUT2D eigenvalue weighted by Gasteiger charge is -2.19. The Morgan fingerprint density at radius 1 is 0.900 bits per heavy atom. The van der Waals surface area contributed by atoms with E-state index < -0.39 is 0 Å². The lowest BCUT2D eigenvalue weighted by molar-refractivity contribution is 0.0993. The lowest BCUT2D eigenvalue weighted by atomic mass is 10.1. The second kappa shape index (κ2) is 7.49. The van der Waals surface area contributed by atoms with Crippen LogP contribution in [0.2, 0.25) is 0 Å². The van der Waals surface area contributed by atoms with E-state index in [1.165, 1.54) is 0 Å². The number of rotatable bonds is 2. The molecular formula is C18H23NO. The van der Waals surface area contributed by atoms with E-state index in [1.807, 2.05) is 83.3 Å². The van der Waals surface area contributed by atoms with Crippen LogP contribution in [0.5, 0.6) is 0 Å². The molecule has 2 nitrogen and oxygen atoms in total. The number of aryl methyl sites for hydroxylation is 2. The van der Waals surface area contributed by atoms with Gasteiger partial charge in [0.25, 0.3) is 5.91 Å². The third-order valence-electron chi connectivity index (χ3n) is 3.08. The zero-order valence-electron chi connectivity index (χ0n) is 13.0. The minimum absolute atomic E-state index is 0.0179. The summed E-state index contributed by atoms with van der Waals surface area (Å²) in [5.41, 5.74) is 3.92. The Kier molecular flexibility index (Phi) is 5.98. The molecule has 1 amide bonds. The van der Waals surface area contributed by atoms with E-state index in [9.17, 15) is 4.79 Å². The molecule has 0 bridgehead atoms. The Balaban J connectivity index is 0.000000956. The smallest absolute Gasteiger partial charge is 0.258 e. The van der Waals surface area contributed by atoms with Crippen LogP contribution >= 0.6 is 0 Å². The fourth-order valence-electron chi connectivity index (χ4n) is 1.94. The maximum atomic E-state index is 12.3. The van der Waals surface area contributed by atoms with E-state index in [2.05, 4.69) is 0 Å². The van der Waals surface area contributed by atoms with Gasteiger partial charge in [0.15, 0.2) is 0 Å². The van der Waals surface area contributed by atoms with Crippen LogP contribution < -0.4 is 4.90 Å². The predicted molar refractivity (Wildman–Crippen MR) is 86.4 cm³/mol. The molecule has 0 aliphatic heterocycles. The predicted octanol–water partition coefficient (Wildman–Crippen LogP) is 4.61. The monoisotopic (exact) mass is 269 g/mol. The van der Waals surface area contributed by atoms with Crippen molar-refractivity contribution in [2.45, 2.75) is 27.7 Å². The first-order chi connectivity index (χ1) is 9.59. The second-order valence-electron chi connectivity index (χ2n) is 4.52. The molecule has 0 spiro atoms. The molecule has 0 N–H and O–H groups in total. The van der Waals surface area contributed by atoms with Gasteiger partial charge in [-0.15, -0.1) is 0 Å². The number of anilines is 1. The van der Waals surface area contributed by atoms with Gasteiger partial charge in [0, 0.05) is 18.3 Å². The van der Waals surface area contributed by atoms with Crippen LogP contribution in [0.4, 0.5) is 5.69 Å². The number of hydrogen-bond acceptors (Lipinski definition) is 1. The summed E-state index contributed by atoms with van der Waals surface area (Å²) in [6.45, 7) is 8.02. The van der Waals surface area contributed by atoms with Crippen LogP contribution in [0.3, 0.4) is 0 Å². The summed E-state index contributed by atoms with van der Waals surface area (Å²) in [5, 5.41) is 0. The highest BCUT2D eigenvalue weighted by atomic mass is 16.2. The highest BCUT2D eigenvalue weighted by molar-refractivity contribution is 6.06. The lowest BCUT2D eigenvalue weighted by Crippen LogP contribution is -2.26. The average Bonchev–Trinajstić information content (AvgIpc) is 2.49. The Morgan fingerprint density at radius 3 is 2.00 bits per heavy atom. The first-order valence-electron chi connectivity index (χ1n) is 7.00. The third-order valence-corrected chi connectivity index (χ3v) is 3.08. The molecule has 2 aromatic carbocycles. The molecule has 0 saturated carbocycles. The first kappa shape index (κ1) is 16.0. The van der Waals surface area contributed by atoms with Crippen molar-refractivity contribution in [2.75, 3.05) is 11.9 Å². The largest absolute Gasteiger partial charge is 0.311 e. The van der Waals surface area contributed by atoms with Gasteiger partial charge in [-0.1, -0.05) is 49.7 Å². The fraction of sp³-hybridized carbons (Fsp3) is 0.278. The van der Waals surface area contributed by atoms with Crippen LogP contribution in [0, 0.1) is 13.8 Å². The summed E-state index contributed by atoms with van der Waals surface area (Å²) in [5.74, 6) is 0.0179. The molecule has 2 heteroatoms. The topological polar surface area (TPSA) is 20.3 Å². The van der Waals surface area contributed by atoms with E-state index in [0.717, 1.165) is 16.8 Å². The van der Waals surface area contributed by atoms with Crippen molar-refractivity contribution in [3.05, 3.63) is 65.2 Å². The van der Waals surface area contributed by atoms with E-state index in [1.54, 1.807) is 4.90 Å². The van der Waals surface area contributed by atoms with Crippen molar-refractivity contribution in [3.8, 4) is 0 Å². The summed E-state index contributed by atoms with van der Waals surface area (Å²) in [6, 6.07) is 15.5. The number of benzene rings is 2. The number of hydrogen-bond donors (Lipinski definition) is 0. The summed E-state index contributed by atoms with van der Waals surface area (Å²) >= 11 is 0. The standard InChI is InChI=1S/C16H17NO.C2H6/c1-12-8-10-14(11-9-12)16(18)17(3)15-7-5-4-6-13(15)2;1-2/h4-11H,1-3H3;1-2H3. The minimum Gasteiger partial charge on any atom is -0.311 e. The molecule has 0 aromatic heterocycles. The summed E-state index contributed by atoms with van der Waals surface area (Å²) in [4.78, 5) is 14.0. The number of para-hydroxylation sites is 1. The quantitative estimate of drug-likeness (QED) is 0.780. The molecule has 0 unspecified atom stereocenters. The molecular weight excluding hydrogens is 246 g/mol. The number of nitrogens with zero attached hydrogens (tertiary/aromatic N) is 1. The molecule has 0 radical (unpaired) electrons. The van der Waals surface area contributed by atoms with Gasteiger partial charge < -0.3 is 4.90 Å². The number of carbonyl (C=O) groups is 1. The molecule has 106 valence electrons. The Bertz CT molecular complexity index is 558. The van der Waals surface area contributed by atoms with Crippen molar-refractivity contribution >= 4 is 11.6 Å². The van der Waals surface area contributed by atoms with E-state index in [-0.39, 0.29) is 5.91 Å². The molecule has 0 fully saturated rings. The maximum absolute atomic E-state index is 12.3. The van der Waals surface area contributed by atoms with Gasteiger partial charge >= 0.3 is 0 Å². The van der Waals surface area contributed by atoms with Gasteiger partial charge in [0.2, 0.25) is 0 Å². The van der Waals surface area contributed by atoms with Crippen molar-refractivity contribution in [1.29, 1.82) is 0 Å². The van der Waals surface area contributed by atoms with Crippen LogP contribution in [-0.2, 0) is 0 Å². The van der Waals surface area contributed by atoms with Crippen LogP contribution in [0.1, 0.15) is 35.3 Å². The summed E-state index contributed by atoms with van der Waals surface area (Å²) < 4.78 is 0. The van der Waals surface area contributed by atoms with Crippen molar-refractivity contribution < 1.29 is 4.79 Å².